The maximum absolute atomic E-state index is 13.9. The summed E-state index contributed by atoms with van der Waals surface area (Å²) in [6, 6.07) is 1.45. The molecule has 1 saturated carbocycles. The van der Waals surface area contributed by atoms with Crippen molar-refractivity contribution in [2.45, 2.75) is 25.8 Å². The molecule has 4 amide bonds. The van der Waals surface area contributed by atoms with Crippen molar-refractivity contribution in [1.29, 1.82) is 0 Å². The molecule has 2 aliphatic heterocycles. The van der Waals surface area contributed by atoms with Gasteiger partial charge in [-0.2, -0.15) is 0 Å². The van der Waals surface area contributed by atoms with Gasteiger partial charge in [-0.25, -0.2) is 14.8 Å². The first kappa shape index (κ1) is 32.2. The van der Waals surface area contributed by atoms with Crippen molar-refractivity contribution in [1.82, 2.24) is 33.9 Å². The first-order chi connectivity index (χ1) is 23.6. The number of amides is 4. The zero-order chi connectivity index (χ0) is 36.0. The summed E-state index contributed by atoms with van der Waals surface area (Å²) in [7, 11) is 5.96. The van der Waals surface area contributed by atoms with E-state index >= 15 is 0 Å². The fourth-order valence-electron chi connectivity index (χ4n) is 7.13. The highest BCUT2D eigenvalue weighted by Crippen LogP contribution is 2.70. The molecule has 0 bridgehead atoms. The van der Waals surface area contributed by atoms with Gasteiger partial charge in [0.2, 0.25) is 23.3 Å². The van der Waals surface area contributed by atoms with E-state index in [9.17, 15) is 33.6 Å². The van der Waals surface area contributed by atoms with Crippen LogP contribution in [0.25, 0.3) is 0 Å². The number of allylic oxidation sites excluding steroid dienone is 2. The normalized spacial score (nSPS) is 23.0. The summed E-state index contributed by atoms with van der Waals surface area (Å²) < 4.78 is 9.23. The minimum atomic E-state index is -1.74. The molecule has 258 valence electrons. The fraction of sp³-hybridized carbons (Fsp3) is 0.344. The topological polar surface area (TPSA) is 221 Å². The summed E-state index contributed by atoms with van der Waals surface area (Å²) in [5.74, 6) is -3.71. The molecular weight excluding hydrogens is 652 g/mol. The van der Waals surface area contributed by atoms with Crippen LogP contribution in [0.15, 0.2) is 47.7 Å². The van der Waals surface area contributed by atoms with Gasteiger partial charge in [-0.1, -0.05) is 0 Å². The molecule has 0 radical (unpaired) electrons. The lowest BCUT2D eigenvalue weighted by Crippen LogP contribution is -2.52. The number of aromatic nitrogens is 5. The largest absolute Gasteiger partial charge is 0.467 e. The number of esters is 1. The van der Waals surface area contributed by atoms with E-state index in [-0.39, 0.29) is 58.6 Å². The maximum atomic E-state index is 13.9. The zero-order valence-corrected chi connectivity index (χ0v) is 27.8. The van der Waals surface area contributed by atoms with Crippen LogP contribution in [0, 0.1) is 11.3 Å². The molecule has 0 aromatic carbocycles. The summed E-state index contributed by atoms with van der Waals surface area (Å²) in [6.07, 6.45) is 6.36. The number of carbonyl (C=O) groups is 7. The van der Waals surface area contributed by atoms with Crippen molar-refractivity contribution in [2.75, 3.05) is 29.6 Å². The first-order valence-electron chi connectivity index (χ1n) is 15.5. The van der Waals surface area contributed by atoms with Crippen molar-refractivity contribution in [3.8, 4) is 0 Å². The van der Waals surface area contributed by atoms with Crippen LogP contribution in [0.1, 0.15) is 52.0 Å². The number of nitrogens with zero attached hydrogens (tertiary/aromatic N) is 6. The number of imidazole rings is 2. The third-order valence-corrected chi connectivity index (χ3v) is 9.55. The highest BCUT2D eigenvalue weighted by atomic mass is 16.5. The highest BCUT2D eigenvalue weighted by molar-refractivity contribution is 6.26. The van der Waals surface area contributed by atoms with E-state index < -0.39 is 46.2 Å². The second-order valence-electron chi connectivity index (χ2n) is 12.9. The Morgan fingerprint density at radius 2 is 1.58 bits per heavy atom. The monoisotopic (exact) mass is 684 g/mol. The molecule has 0 unspecified atom stereocenters. The van der Waals surface area contributed by atoms with E-state index in [1.54, 1.807) is 21.1 Å². The molecule has 18 heteroatoms. The van der Waals surface area contributed by atoms with Gasteiger partial charge in [0.15, 0.2) is 23.0 Å². The van der Waals surface area contributed by atoms with Gasteiger partial charge in [0, 0.05) is 76.0 Å². The van der Waals surface area contributed by atoms with Crippen LogP contribution >= 0.6 is 0 Å². The molecule has 2 aliphatic carbocycles. The van der Waals surface area contributed by atoms with E-state index in [0.717, 1.165) is 7.11 Å². The lowest BCUT2D eigenvalue weighted by atomic mass is 9.80. The van der Waals surface area contributed by atoms with E-state index in [4.69, 9.17) is 4.74 Å². The standard InChI is InChI=1S/C32H32N10O8/c1-14(43)33-20-12-40(4)25(35-20)28(47)34-16-7-17(39(3)11-16)27(46)37-21-13-41(5)26(36-21)29(48)42-10-15-9-32(15)19(42)8-18(44)23-22(32)24(45)31(2,38-23)30(49)50-6/h7-8,11-13,15,38H,9-10H2,1-6H3,(H,33,43)(H,34,47)(H,37,46)/t15-,31-,32+/m0/s1. The molecule has 2 fully saturated rings. The SMILES string of the molecule is COC(=O)[C@@]1(C)NC2=C(C1=O)[C@]13C[C@H]1CN(C(=O)c1nc(NC(=O)c4cc(NC(=O)c5nc(NC(C)=O)cn5C)cn4C)cn1C)C3=CC2=O. The molecule has 7 rings (SSSR count). The summed E-state index contributed by atoms with van der Waals surface area (Å²) in [6.45, 7) is 2.93. The Labute approximate surface area is 283 Å². The molecule has 3 aromatic rings. The van der Waals surface area contributed by atoms with E-state index in [1.807, 2.05) is 0 Å². The van der Waals surface area contributed by atoms with E-state index in [0.29, 0.717) is 17.8 Å². The van der Waals surface area contributed by atoms with Crippen LogP contribution < -0.4 is 21.3 Å². The van der Waals surface area contributed by atoms with Gasteiger partial charge in [0.05, 0.1) is 18.5 Å². The number of aryl methyl sites for hydroxylation is 3. The van der Waals surface area contributed by atoms with Crippen molar-refractivity contribution in [3.63, 3.8) is 0 Å². The van der Waals surface area contributed by atoms with Crippen molar-refractivity contribution < 1.29 is 38.3 Å². The van der Waals surface area contributed by atoms with Crippen LogP contribution in [0.4, 0.5) is 17.3 Å². The minimum Gasteiger partial charge on any atom is -0.467 e. The predicted molar refractivity (Wildman–Crippen MR) is 172 cm³/mol. The molecule has 4 N–H and O–H groups in total. The Morgan fingerprint density at radius 1 is 0.920 bits per heavy atom. The Bertz CT molecular complexity index is 2190. The molecule has 18 nitrogen and oxygen atoms in total. The number of hydrogen-bond acceptors (Lipinski definition) is 11. The Balaban J connectivity index is 1.06. The maximum Gasteiger partial charge on any atom is 0.339 e. The number of hydrogen-bond donors (Lipinski definition) is 4. The van der Waals surface area contributed by atoms with Crippen LogP contribution in [0.5, 0.6) is 0 Å². The minimum absolute atomic E-state index is 0.0197. The Morgan fingerprint density at radius 3 is 2.26 bits per heavy atom. The summed E-state index contributed by atoms with van der Waals surface area (Å²) in [5, 5.41) is 10.7. The van der Waals surface area contributed by atoms with Crippen LogP contribution in [0.3, 0.4) is 0 Å². The Hall–Kier alpha value is -6.33. The average Bonchev–Trinajstić information content (AvgIpc) is 3.49. The number of rotatable bonds is 7. The average molecular weight is 685 g/mol. The first-order valence-corrected chi connectivity index (χ1v) is 15.5. The molecular formula is C32H32N10O8. The fourth-order valence-corrected chi connectivity index (χ4v) is 7.13. The van der Waals surface area contributed by atoms with Crippen molar-refractivity contribution in [3.05, 3.63) is 65.0 Å². The molecule has 50 heavy (non-hydrogen) atoms. The van der Waals surface area contributed by atoms with Gasteiger partial charge in [-0.15, -0.1) is 0 Å². The number of anilines is 3. The van der Waals surface area contributed by atoms with E-state index in [1.165, 1.54) is 63.2 Å². The van der Waals surface area contributed by atoms with Crippen LogP contribution in [0.2, 0.25) is 0 Å². The van der Waals surface area contributed by atoms with Gasteiger partial charge >= 0.3 is 5.97 Å². The van der Waals surface area contributed by atoms with Gasteiger partial charge in [0.1, 0.15) is 5.69 Å². The second kappa shape index (κ2) is 10.8. The number of likely N-dealkylation sites (tertiary alicyclic amines) is 1. The summed E-state index contributed by atoms with van der Waals surface area (Å²) >= 11 is 0. The molecule has 1 spiro atoms. The smallest absolute Gasteiger partial charge is 0.339 e. The number of nitrogens with one attached hydrogen (secondary N) is 4. The predicted octanol–water partition coefficient (Wildman–Crippen LogP) is 0.242. The Kier molecular flexibility index (Phi) is 6.99. The third-order valence-electron chi connectivity index (χ3n) is 9.55. The second-order valence-corrected chi connectivity index (χ2v) is 12.9. The third kappa shape index (κ3) is 4.66. The van der Waals surface area contributed by atoms with Gasteiger partial charge in [-0.05, 0) is 25.3 Å². The van der Waals surface area contributed by atoms with Gasteiger partial charge < -0.3 is 44.6 Å². The molecule has 5 heterocycles. The van der Waals surface area contributed by atoms with Crippen LogP contribution in [-0.2, 0) is 45.1 Å². The molecule has 3 aromatic heterocycles. The lowest BCUT2D eigenvalue weighted by molar-refractivity contribution is -0.150. The zero-order valence-electron chi connectivity index (χ0n) is 27.8. The number of ketones is 2. The van der Waals surface area contributed by atoms with Crippen molar-refractivity contribution >= 4 is 58.5 Å². The molecule has 3 atom stereocenters. The van der Waals surface area contributed by atoms with E-state index in [2.05, 4.69) is 31.2 Å². The quantitative estimate of drug-likeness (QED) is 0.195. The number of ether oxygens (including phenoxy) is 1. The molecule has 4 aliphatic rings. The number of methoxy groups -OCH3 is 1. The van der Waals surface area contributed by atoms with Crippen LogP contribution in [-0.4, -0.2) is 88.9 Å². The van der Waals surface area contributed by atoms with Gasteiger partial charge in [0.25, 0.3) is 17.7 Å². The number of carbonyl (C=O) groups excluding carboxylic acids is 7. The lowest BCUT2D eigenvalue weighted by Gasteiger charge is -2.28. The summed E-state index contributed by atoms with van der Waals surface area (Å²) in [4.78, 5) is 101. The number of Topliss-reactive ketones (excluding diaryl/α,β-unsaturated/α-hetero) is 1. The molecule has 1 saturated heterocycles. The highest BCUT2D eigenvalue weighted by Gasteiger charge is 2.73. The summed E-state index contributed by atoms with van der Waals surface area (Å²) in [5.41, 5.74) is -1.50. The van der Waals surface area contributed by atoms with Crippen molar-refractivity contribution in [2.24, 2.45) is 32.5 Å². The van der Waals surface area contributed by atoms with Gasteiger partial charge in [-0.3, -0.25) is 28.8 Å². The number of piperidine rings is 1.